The van der Waals surface area contributed by atoms with Gasteiger partial charge in [-0.05, 0) is 30.6 Å². The second-order valence-corrected chi connectivity index (χ2v) is 6.46. The second kappa shape index (κ2) is 4.84. The summed E-state index contributed by atoms with van der Waals surface area (Å²) in [5, 5.41) is 9.31. The van der Waals surface area contributed by atoms with Crippen LogP contribution >= 0.6 is 0 Å². The molecule has 100 valence electrons. The lowest BCUT2D eigenvalue weighted by Crippen LogP contribution is -2.58. The van der Waals surface area contributed by atoms with Crippen LogP contribution in [-0.4, -0.2) is 34.7 Å². The second-order valence-electron chi connectivity index (χ2n) is 6.46. The van der Waals surface area contributed by atoms with E-state index in [-0.39, 0.29) is 17.5 Å². The van der Waals surface area contributed by atoms with Crippen molar-refractivity contribution in [3.8, 4) is 0 Å². The summed E-state index contributed by atoms with van der Waals surface area (Å²) in [5.41, 5.74) is 5.97. The molecule has 1 fully saturated rings. The van der Waals surface area contributed by atoms with Crippen LogP contribution in [0.2, 0.25) is 0 Å². The Morgan fingerprint density at radius 3 is 2.35 bits per heavy atom. The van der Waals surface area contributed by atoms with Gasteiger partial charge in [-0.25, -0.2) is 4.79 Å². The van der Waals surface area contributed by atoms with E-state index < -0.39 is 6.09 Å². The van der Waals surface area contributed by atoms with Gasteiger partial charge < -0.3 is 15.7 Å². The summed E-state index contributed by atoms with van der Waals surface area (Å²) in [6, 6.07) is 0.176. The summed E-state index contributed by atoms with van der Waals surface area (Å²) < 4.78 is 0. The predicted molar refractivity (Wildman–Crippen MR) is 68.9 cm³/mol. The highest BCUT2D eigenvalue weighted by Crippen LogP contribution is 2.39. The molecule has 1 aliphatic rings. The van der Waals surface area contributed by atoms with Crippen molar-refractivity contribution in [3.63, 3.8) is 0 Å². The zero-order chi connectivity index (χ0) is 13.4. The first-order chi connectivity index (χ1) is 7.66. The van der Waals surface area contributed by atoms with Crippen molar-refractivity contribution in [2.45, 2.75) is 53.1 Å². The highest BCUT2D eigenvalue weighted by molar-refractivity contribution is 5.65. The molecule has 1 aliphatic heterocycles. The van der Waals surface area contributed by atoms with Crippen molar-refractivity contribution < 1.29 is 9.90 Å². The van der Waals surface area contributed by atoms with Gasteiger partial charge in [0.15, 0.2) is 0 Å². The Bertz CT molecular complexity index is 284. The molecule has 17 heavy (non-hydrogen) atoms. The third-order valence-corrected chi connectivity index (χ3v) is 4.02. The number of amides is 1. The molecule has 1 saturated heterocycles. The highest BCUT2D eigenvalue weighted by atomic mass is 16.4. The van der Waals surface area contributed by atoms with Gasteiger partial charge >= 0.3 is 6.09 Å². The van der Waals surface area contributed by atoms with E-state index in [1.807, 2.05) is 6.92 Å². The van der Waals surface area contributed by atoms with Crippen LogP contribution in [0.1, 0.15) is 41.0 Å². The maximum Gasteiger partial charge on any atom is 0.407 e. The minimum Gasteiger partial charge on any atom is -0.465 e. The summed E-state index contributed by atoms with van der Waals surface area (Å²) in [6.07, 6.45) is 0.0671. The van der Waals surface area contributed by atoms with Gasteiger partial charge in [0, 0.05) is 18.6 Å². The van der Waals surface area contributed by atoms with Crippen molar-refractivity contribution in [3.05, 3.63) is 0 Å². The minimum atomic E-state index is -0.806. The van der Waals surface area contributed by atoms with E-state index in [1.165, 1.54) is 0 Å². The number of nitrogens with zero attached hydrogens (tertiary/aromatic N) is 1. The molecule has 0 aromatic carbocycles. The lowest BCUT2D eigenvalue weighted by atomic mass is 9.68. The molecule has 1 amide bonds. The Labute approximate surface area is 104 Å². The van der Waals surface area contributed by atoms with Crippen LogP contribution in [0.5, 0.6) is 0 Å². The van der Waals surface area contributed by atoms with E-state index in [9.17, 15) is 9.90 Å². The minimum absolute atomic E-state index is 0.0461. The van der Waals surface area contributed by atoms with Crippen LogP contribution in [0.15, 0.2) is 0 Å². The molecular weight excluding hydrogens is 216 g/mol. The summed E-state index contributed by atoms with van der Waals surface area (Å²) in [7, 11) is 0. The van der Waals surface area contributed by atoms with Crippen molar-refractivity contribution in [1.82, 2.24) is 4.90 Å². The normalized spacial score (nSPS) is 32.4. The maximum atomic E-state index is 11.3. The molecule has 4 heteroatoms. The Hall–Kier alpha value is -0.770. The van der Waals surface area contributed by atoms with Crippen molar-refractivity contribution in [1.29, 1.82) is 0 Å². The van der Waals surface area contributed by atoms with Crippen molar-refractivity contribution in [2.24, 2.45) is 23.0 Å². The van der Waals surface area contributed by atoms with E-state index in [4.69, 9.17) is 5.73 Å². The number of carboxylic acid groups (broad SMARTS) is 1. The molecule has 0 saturated carbocycles. The number of rotatable bonds is 1. The Morgan fingerprint density at radius 1 is 1.47 bits per heavy atom. The summed E-state index contributed by atoms with van der Waals surface area (Å²) in [5.74, 6) is 0.717. The van der Waals surface area contributed by atoms with E-state index in [0.717, 1.165) is 6.42 Å². The molecule has 1 rings (SSSR count). The maximum absolute atomic E-state index is 11.3. The van der Waals surface area contributed by atoms with Crippen LogP contribution < -0.4 is 5.73 Å². The predicted octanol–water partition coefficient (Wildman–Crippen LogP) is 2.38. The fourth-order valence-electron chi connectivity index (χ4n) is 3.42. The van der Waals surface area contributed by atoms with Gasteiger partial charge in [-0.15, -0.1) is 0 Å². The molecular formula is C13H26N2O2. The summed E-state index contributed by atoms with van der Waals surface area (Å²) >= 11 is 0. The topological polar surface area (TPSA) is 66.6 Å². The van der Waals surface area contributed by atoms with E-state index >= 15 is 0 Å². The fourth-order valence-corrected chi connectivity index (χ4v) is 3.42. The lowest BCUT2D eigenvalue weighted by molar-refractivity contribution is -0.00334. The zero-order valence-corrected chi connectivity index (χ0v) is 11.6. The third kappa shape index (κ3) is 2.92. The van der Waals surface area contributed by atoms with Crippen molar-refractivity contribution >= 4 is 6.09 Å². The van der Waals surface area contributed by atoms with Gasteiger partial charge in [-0.3, -0.25) is 0 Å². The van der Waals surface area contributed by atoms with Gasteiger partial charge in [0.1, 0.15) is 0 Å². The number of likely N-dealkylation sites (tertiary alicyclic amines) is 1. The Balaban J connectivity index is 2.99. The standard InChI is InChI=1S/C13H26N2O2/c1-8-10(9(2)14)6-7-15(12(16)17)11(8)13(3,4)5/h8-11H,6-7,14H2,1-5H3,(H,16,17)/t8-,9-,10-,11?/m0/s1. The van der Waals surface area contributed by atoms with Gasteiger partial charge in [0.2, 0.25) is 0 Å². The van der Waals surface area contributed by atoms with E-state index in [2.05, 4.69) is 27.7 Å². The van der Waals surface area contributed by atoms with Crippen LogP contribution in [-0.2, 0) is 0 Å². The van der Waals surface area contributed by atoms with Gasteiger partial charge in [0.25, 0.3) is 0 Å². The number of carbonyl (C=O) groups is 1. The van der Waals surface area contributed by atoms with Gasteiger partial charge in [-0.1, -0.05) is 27.7 Å². The molecule has 0 aromatic rings. The first kappa shape index (κ1) is 14.3. The third-order valence-electron chi connectivity index (χ3n) is 4.02. The summed E-state index contributed by atoms with van der Waals surface area (Å²) in [4.78, 5) is 12.9. The SMILES string of the molecule is C[C@H](N)[C@H]1CCN(C(=O)O)C(C(C)(C)C)[C@H]1C. The highest BCUT2D eigenvalue weighted by Gasteiger charge is 2.44. The van der Waals surface area contributed by atoms with E-state index in [1.54, 1.807) is 4.90 Å². The molecule has 0 radical (unpaired) electrons. The largest absolute Gasteiger partial charge is 0.465 e. The molecule has 1 unspecified atom stereocenters. The van der Waals surface area contributed by atoms with Gasteiger partial charge in [0.05, 0.1) is 0 Å². The van der Waals surface area contributed by atoms with Crippen LogP contribution in [0, 0.1) is 17.3 Å². The number of piperidine rings is 1. The average molecular weight is 242 g/mol. The first-order valence-corrected chi connectivity index (χ1v) is 6.41. The monoisotopic (exact) mass is 242 g/mol. The average Bonchev–Trinajstić information content (AvgIpc) is 2.14. The molecule has 0 spiro atoms. The smallest absolute Gasteiger partial charge is 0.407 e. The molecule has 0 bridgehead atoms. The quantitative estimate of drug-likeness (QED) is 0.742. The number of hydrogen-bond acceptors (Lipinski definition) is 2. The Kier molecular flexibility index (Phi) is 4.07. The summed E-state index contributed by atoms with van der Waals surface area (Å²) in [6.45, 7) is 11.1. The molecule has 1 heterocycles. The van der Waals surface area contributed by atoms with Gasteiger partial charge in [-0.2, -0.15) is 0 Å². The number of nitrogens with two attached hydrogens (primary N) is 1. The Morgan fingerprint density at radius 2 is 2.00 bits per heavy atom. The lowest BCUT2D eigenvalue weighted by Gasteiger charge is -2.50. The first-order valence-electron chi connectivity index (χ1n) is 6.41. The molecule has 3 N–H and O–H groups in total. The molecule has 0 aromatic heterocycles. The van der Waals surface area contributed by atoms with E-state index in [0.29, 0.717) is 18.4 Å². The van der Waals surface area contributed by atoms with Crippen LogP contribution in [0.25, 0.3) is 0 Å². The zero-order valence-electron chi connectivity index (χ0n) is 11.6. The molecule has 4 atom stereocenters. The van der Waals surface area contributed by atoms with Crippen molar-refractivity contribution in [2.75, 3.05) is 6.54 Å². The molecule has 4 nitrogen and oxygen atoms in total. The molecule has 0 aliphatic carbocycles. The fraction of sp³-hybridized carbons (Fsp3) is 0.923. The number of hydrogen-bond donors (Lipinski definition) is 2. The van der Waals surface area contributed by atoms with Crippen LogP contribution in [0.4, 0.5) is 4.79 Å². The van der Waals surface area contributed by atoms with Crippen LogP contribution in [0.3, 0.4) is 0 Å².